The van der Waals surface area contributed by atoms with Crippen LogP contribution >= 0.6 is 11.6 Å². The highest BCUT2D eigenvalue weighted by Crippen LogP contribution is 2.57. The Balaban J connectivity index is 1.39. The van der Waals surface area contributed by atoms with Crippen LogP contribution in [0, 0.1) is 0 Å². The number of aromatic nitrogens is 2. The van der Waals surface area contributed by atoms with Gasteiger partial charge in [-0.25, -0.2) is 18.7 Å². The quantitative estimate of drug-likeness (QED) is 0.827. The summed E-state index contributed by atoms with van der Waals surface area (Å²) in [5.41, 5.74) is -0.806. The van der Waals surface area contributed by atoms with Crippen molar-refractivity contribution < 1.29 is 18.4 Å². The molecule has 2 amide bonds. The minimum atomic E-state index is -1.35. The minimum absolute atomic E-state index is 0.0658. The van der Waals surface area contributed by atoms with E-state index in [4.69, 9.17) is 11.6 Å². The van der Waals surface area contributed by atoms with Gasteiger partial charge in [0, 0.05) is 17.5 Å². The molecule has 2 saturated carbocycles. The second-order valence-electron chi connectivity index (χ2n) is 7.99. The van der Waals surface area contributed by atoms with E-state index in [1.54, 1.807) is 18.2 Å². The Morgan fingerprint density at radius 3 is 2.62 bits per heavy atom. The summed E-state index contributed by atoms with van der Waals surface area (Å²) in [6.45, 7) is -0.175. The van der Waals surface area contributed by atoms with Gasteiger partial charge in [-0.1, -0.05) is 23.7 Å². The van der Waals surface area contributed by atoms with Gasteiger partial charge in [-0.15, -0.1) is 0 Å². The molecule has 1 aliphatic heterocycles. The predicted molar refractivity (Wildman–Crippen MR) is 101 cm³/mol. The number of carbonyl (C=O) groups is 2. The monoisotopic (exact) mass is 418 g/mol. The van der Waals surface area contributed by atoms with Crippen molar-refractivity contribution >= 4 is 29.4 Å². The van der Waals surface area contributed by atoms with E-state index < -0.39 is 23.2 Å². The topological polar surface area (TPSA) is 75.2 Å². The van der Waals surface area contributed by atoms with E-state index >= 15 is 0 Å². The molecule has 2 aliphatic carbocycles. The number of benzene rings is 1. The van der Waals surface area contributed by atoms with Crippen molar-refractivity contribution in [2.24, 2.45) is 0 Å². The zero-order valence-corrected chi connectivity index (χ0v) is 16.0. The first-order chi connectivity index (χ1) is 13.8. The van der Waals surface area contributed by atoms with Gasteiger partial charge in [0.15, 0.2) is 0 Å². The molecular formula is C20H17ClF2N4O2. The summed E-state index contributed by atoms with van der Waals surface area (Å²) in [5.74, 6) is -0.795. The van der Waals surface area contributed by atoms with Crippen LogP contribution in [0.1, 0.15) is 40.7 Å². The van der Waals surface area contributed by atoms with Crippen LogP contribution in [-0.4, -0.2) is 45.9 Å². The molecule has 0 radical (unpaired) electrons. The number of alkyl halides is 2. The van der Waals surface area contributed by atoms with Gasteiger partial charge in [0.25, 0.3) is 5.91 Å². The van der Waals surface area contributed by atoms with Crippen molar-refractivity contribution in [1.29, 1.82) is 0 Å². The molecule has 9 heteroatoms. The molecule has 1 aromatic carbocycles. The van der Waals surface area contributed by atoms with Gasteiger partial charge in [0.1, 0.15) is 18.4 Å². The fraction of sp³-hybridized carbons (Fsp3) is 0.400. The molecular weight excluding hydrogens is 402 g/mol. The maximum absolute atomic E-state index is 14.5. The molecule has 150 valence electrons. The third-order valence-corrected chi connectivity index (χ3v) is 6.14. The zero-order valence-electron chi connectivity index (χ0n) is 15.3. The Morgan fingerprint density at radius 2 is 2.00 bits per heavy atom. The molecule has 1 aromatic heterocycles. The highest BCUT2D eigenvalue weighted by Gasteiger charge is 2.61. The molecule has 6 nitrogen and oxygen atoms in total. The van der Waals surface area contributed by atoms with Crippen LogP contribution in [-0.2, 0) is 15.9 Å². The van der Waals surface area contributed by atoms with Gasteiger partial charge in [-0.3, -0.25) is 14.9 Å². The third-order valence-electron chi connectivity index (χ3n) is 5.94. The SMILES string of the molecule is O=C(CN1C[C@]2(C[C@@H]2F)c2cc(C3(F)CC3)ccc2C1=O)Nc1ncc(Cl)cn1. The lowest BCUT2D eigenvalue weighted by molar-refractivity contribution is -0.117. The minimum Gasteiger partial charge on any atom is -0.328 e. The van der Waals surface area contributed by atoms with E-state index in [9.17, 15) is 18.4 Å². The zero-order chi connectivity index (χ0) is 20.4. The molecule has 29 heavy (non-hydrogen) atoms. The molecule has 0 saturated heterocycles. The summed E-state index contributed by atoms with van der Waals surface area (Å²) >= 11 is 5.72. The van der Waals surface area contributed by atoms with Crippen LogP contribution in [0.25, 0.3) is 0 Å². The Labute approximate surface area is 170 Å². The van der Waals surface area contributed by atoms with Crippen molar-refractivity contribution in [1.82, 2.24) is 14.9 Å². The lowest BCUT2D eigenvalue weighted by Crippen LogP contribution is -2.47. The number of nitrogens with zero attached hydrogens (tertiary/aromatic N) is 3. The fourth-order valence-electron chi connectivity index (χ4n) is 4.03. The van der Waals surface area contributed by atoms with Crippen LogP contribution < -0.4 is 5.32 Å². The summed E-state index contributed by atoms with van der Waals surface area (Å²) < 4.78 is 28.9. The van der Waals surface area contributed by atoms with Gasteiger partial charge >= 0.3 is 0 Å². The molecule has 2 aromatic rings. The van der Waals surface area contributed by atoms with Gasteiger partial charge in [0.2, 0.25) is 11.9 Å². The number of hydrogen-bond acceptors (Lipinski definition) is 4. The Bertz CT molecular complexity index is 1030. The van der Waals surface area contributed by atoms with E-state index in [2.05, 4.69) is 15.3 Å². The molecule has 2 fully saturated rings. The normalized spacial score (nSPS) is 26.2. The highest BCUT2D eigenvalue weighted by atomic mass is 35.5. The Kier molecular flexibility index (Phi) is 3.93. The molecule has 0 bridgehead atoms. The smallest absolute Gasteiger partial charge is 0.254 e. The van der Waals surface area contributed by atoms with Crippen molar-refractivity contribution in [2.45, 2.75) is 36.5 Å². The van der Waals surface area contributed by atoms with Crippen molar-refractivity contribution in [2.75, 3.05) is 18.4 Å². The summed E-state index contributed by atoms with van der Waals surface area (Å²) in [4.78, 5) is 34.4. The maximum Gasteiger partial charge on any atom is 0.254 e. The number of fused-ring (bicyclic) bond motifs is 2. The van der Waals surface area contributed by atoms with Crippen molar-refractivity contribution in [3.63, 3.8) is 0 Å². The van der Waals surface area contributed by atoms with Crippen molar-refractivity contribution in [3.05, 3.63) is 52.3 Å². The van der Waals surface area contributed by atoms with E-state index in [1.165, 1.54) is 17.3 Å². The van der Waals surface area contributed by atoms with E-state index in [-0.39, 0.29) is 31.4 Å². The van der Waals surface area contributed by atoms with Crippen LogP contribution in [0.4, 0.5) is 14.7 Å². The third kappa shape index (κ3) is 3.06. The molecule has 0 unspecified atom stereocenters. The molecule has 1 spiro atoms. The Morgan fingerprint density at radius 1 is 1.31 bits per heavy atom. The molecule has 5 rings (SSSR count). The van der Waals surface area contributed by atoms with Gasteiger partial charge in [-0.05, 0) is 36.5 Å². The average Bonchev–Trinajstić information content (AvgIpc) is 3.59. The first-order valence-corrected chi connectivity index (χ1v) is 9.73. The first kappa shape index (κ1) is 18.4. The number of rotatable bonds is 4. The van der Waals surface area contributed by atoms with E-state index in [1.807, 2.05) is 0 Å². The summed E-state index contributed by atoms with van der Waals surface area (Å²) in [6.07, 6.45) is 2.72. The van der Waals surface area contributed by atoms with Crippen LogP contribution in [0.5, 0.6) is 0 Å². The molecule has 3 aliphatic rings. The maximum atomic E-state index is 14.5. The van der Waals surface area contributed by atoms with Crippen LogP contribution in [0.2, 0.25) is 5.02 Å². The molecule has 2 atom stereocenters. The average molecular weight is 419 g/mol. The number of hydrogen-bond donors (Lipinski definition) is 1. The summed E-state index contributed by atoms with van der Waals surface area (Å²) in [6, 6.07) is 4.81. The fourth-order valence-corrected chi connectivity index (χ4v) is 4.13. The number of halogens is 3. The van der Waals surface area contributed by atoms with Gasteiger partial charge in [0.05, 0.1) is 17.4 Å². The first-order valence-electron chi connectivity index (χ1n) is 9.35. The second kappa shape index (κ2) is 6.19. The highest BCUT2D eigenvalue weighted by molar-refractivity contribution is 6.30. The van der Waals surface area contributed by atoms with Crippen LogP contribution in [0.3, 0.4) is 0 Å². The standard InChI is InChI=1S/C20H17ClF2N4O2/c21-12-7-24-18(25-8-12)26-16(28)9-27-10-19(6-15(19)22)14-5-11(20(23)3-4-20)1-2-13(14)17(27)29/h1-2,5,7-8,15H,3-4,6,9-10H2,(H,24,25,26,28)/t15-,19+/m0/s1. The van der Waals surface area contributed by atoms with E-state index in [0.29, 0.717) is 34.6 Å². The molecule has 1 N–H and O–H groups in total. The summed E-state index contributed by atoms with van der Waals surface area (Å²) in [5, 5.41) is 2.83. The molecule has 2 heterocycles. The van der Waals surface area contributed by atoms with Crippen LogP contribution in [0.15, 0.2) is 30.6 Å². The lowest BCUT2D eigenvalue weighted by Gasteiger charge is -2.34. The Hall–Kier alpha value is -2.61. The van der Waals surface area contributed by atoms with Gasteiger partial charge in [-0.2, -0.15) is 0 Å². The largest absolute Gasteiger partial charge is 0.328 e. The summed E-state index contributed by atoms with van der Waals surface area (Å²) in [7, 11) is 0. The van der Waals surface area contributed by atoms with Crippen molar-refractivity contribution in [3.8, 4) is 0 Å². The lowest BCUT2D eigenvalue weighted by atomic mass is 9.84. The number of anilines is 1. The number of carbonyl (C=O) groups excluding carboxylic acids is 2. The second-order valence-corrected chi connectivity index (χ2v) is 8.42. The van der Waals surface area contributed by atoms with Gasteiger partial charge < -0.3 is 4.90 Å². The predicted octanol–water partition coefficient (Wildman–Crippen LogP) is 3.16. The van der Waals surface area contributed by atoms with E-state index in [0.717, 1.165) is 0 Å². The number of amides is 2. The number of nitrogens with one attached hydrogen (secondary N) is 1.